The van der Waals surface area contributed by atoms with E-state index in [4.69, 9.17) is 0 Å². The summed E-state index contributed by atoms with van der Waals surface area (Å²) in [6.07, 6.45) is 1.72. The molecule has 21 heavy (non-hydrogen) atoms. The number of likely N-dealkylation sites (N-methyl/N-ethyl adjacent to an activating group) is 1. The van der Waals surface area contributed by atoms with Gasteiger partial charge in [-0.2, -0.15) is 0 Å². The molecule has 1 unspecified atom stereocenters. The molecule has 1 aromatic carbocycles. The average molecular weight is 289 g/mol. The third kappa shape index (κ3) is 4.86. The highest BCUT2D eigenvalue weighted by atomic mass is 16.2. The molecule has 1 fully saturated rings. The summed E-state index contributed by atoms with van der Waals surface area (Å²) in [6, 6.07) is 9.89. The van der Waals surface area contributed by atoms with Gasteiger partial charge in [-0.15, -0.1) is 0 Å². The zero-order valence-electron chi connectivity index (χ0n) is 12.5. The third-order valence-corrected chi connectivity index (χ3v) is 3.84. The maximum atomic E-state index is 12.0. The fourth-order valence-corrected chi connectivity index (χ4v) is 2.50. The Morgan fingerprint density at radius 2 is 2.10 bits per heavy atom. The van der Waals surface area contributed by atoms with Gasteiger partial charge in [0, 0.05) is 32.6 Å². The van der Waals surface area contributed by atoms with Crippen LogP contribution < -0.4 is 10.6 Å². The van der Waals surface area contributed by atoms with E-state index in [0.717, 1.165) is 25.1 Å². The highest BCUT2D eigenvalue weighted by Crippen LogP contribution is 2.07. The maximum Gasteiger partial charge on any atom is 0.224 e. The predicted molar refractivity (Wildman–Crippen MR) is 81.8 cm³/mol. The molecule has 1 heterocycles. The molecule has 2 amide bonds. The average Bonchev–Trinajstić information content (AvgIpc) is 3.01. The lowest BCUT2D eigenvalue weighted by Crippen LogP contribution is -2.40. The predicted octanol–water partition coefficient (Wildman–Crippen LogP) is 0.556. The van der Waals surface area contributed by atoms with Crippen LogP contribution in [0, 0.1) is 0 Å². The second kappa shape index (κ2) is 7.78. The molecule has 1 saturated heterocycles. The van der Waals surface area contributed by atoms with Crippen LogP contribution in [0.5, 0.6) is 0 Å². The lowest BCUT2D eigenvalue weighted by molar-refractivity contribution is -0.131. The molecule has 0 bridgehead atoms. The van der Waals surface area contributed by atoms with Gasteiger partial charge < -0.3 is 15.5 Å². The molecule has 0 aromatic heterocycles. The number of nitrogens with one attached hydrogen (secondary N) is 2. The van der Waals surface area contributed by atoms with E-state index in [2.05, 4.69) is 10.6 Å². The standard InChI is InChI=1S/C16H23N3O2/c1-19(14-7-9-17-12-14)16(21)8-10-18-15(20)11-13-5-3-2-4-6-13/h2-6,14,17H,7-12H2,1H3,(H,18,20). The SMILES string of the molecule is CN(C(=O)CCNC(=O)Cc1ccccc1)C1CCNC1. The van der Waals surface area contributed by atoms with Gasteiger partial charge in [0.05, 0.1) is 6.42 Å². The van der Waals surface area contributed by atoms with Crippen LogP contribution in [0.4, 0.5) is 0 Å². The molecule has 1 aliphatic rings. The van der Waals surface area contributed by atoms with Crippen molar-refractivity contribution in [3.8, 4) is 0 Å². The molecule has 1 aliphatic heterocycles. The zero-order valence-corrected chi connectivity index (χ0v) is 12.5. The number of hydrogen-bond donors (Lipinski definition) is 2. The fraction of sp³-hybridized carbons (Fsp3) is 0.500. The molecule has 2 N–H and O–H groups in total. The summed E-state index contributed by atoms with van der Waals surface area (Å²) in [6.45, 7) is 2.23. The van der Waals surface area contributed by atoms with Crippen molar-refractivity contribution in [3.63, 3.8) is 0 Å². The summed E-state index contributed by atoms with van der Waals surface area (Å²) in [5.74, 6) is 0.0443. The van der Waals surface area contributed by atoms with Gasteiger partial charge in [0.1, 0.15) is 0 Å². The Hall–Kier alpha value is -1.88. The molecule has 0 aliphatic carbocycles. The smallest absolute Gasteiger partial charge is 0.224 e. The molecular weight excluding hydrogens is 266 g/mol. The quantitative estimate of drug-likeness (QED) is 0.804. The van der Waals surface area contributed by atoms with Crippen LogP contribution in [0.15, 0.2) is 30.3 Å². The fourth-order valence-electron chi connectivity index (χ4n) is 2.50. The Morgan fingerprint density at radius 1 is 1.33 bits per heavy atom. The molecule has 5 nitrogen and oxygen atoms in total. The number of hydrogen-bond acceptors (Lipinski definition) is 3. The minimum atomic E-state index is -0.0424. The first kappa shape index (κ1) is 15.5. The van der Waals surface area contributed by atoms with E-state index in [-0.39, 0.29) is 17.9 Å². The second-order valence-corrected chi connectivity index (χ2v) is 5.41. The summed E-state index contributed by atoms with van der Waals surface area (Å²) < 4.78 is 0. The van der Waals surface area contributed by atoms with Gasteiger partial charge in [0.25, 0.3) is 0 Å². The number of benzene rings is 1. The number of rotatable bonds is 6. The normalized spacial score (nSPS) is 17.5. The second-order valence-electron chi connectivity index (χ2n) is 5.41. The van der Waals surface area contributed by atoms with E-state index in [0.29, 0.717) is 19.4 Å². The van der Waals surface area contributed by atoms with Crippen molar-refractivity contribution < 1.29 is 9.59 Å². The number of carbonyl (C=O) groups is 2. The summed E-state index contributed by atoms with van der Waals surface area (Å²) in [5, 5.41) is 6.05. The summed E-state index contributed by atoms with van der Waals surface area (Å²) in [5.41, 5.74) is 0.982. The topological polar surface area (TPSA) is 61.4 Å². The number of amides is 2. The van der Waals surface area contributed by atoms with Crippen molar-refractivity contribution in [2.24, 2.45) is 0 Å². The highest BCUT2D eigenvalue weighted by Gasteiger charge is 2.22. The molecule has 2 rings (SSSR count). The molecule has 0 radical (unpaired) electrons. The van der Waals surface area contributed by atoms with Crippen LogP contribution in [0.2, 0.25) is 0 Å². The Labute approximate surface area is 125 Å². The first-order valence-corrected chi connectivity index (χ1v) is 7.44. The van der Waals surface area contributed by atoms with Gasteiger partial charge in [-0.05, 0) is 18.5 Å². The van der Waals surface area contributed by atoms with E-state index in [9.17, 15) is 9.59 Å². The van der Waals surface area contributed by atoms with Gasteiger partial charge in [-0.1, -0.05) is 30.3 Å². The lowest BCUT2D eigenvalue weighted by Gasteiger charge is -2.23. The number of nitrogens with zero attached hydrogens (tertiary/aromatic N) is 1. The lowest BCUT2D eigenvalue weighted by atomic mass is 10.1. The Bertz CT molecular complexity index is 470. The molecular formula is C16H23N3O2. The van der Waals surface area contributed by atoms with Crippen LogP contribution in [-0.4, -0.2) is 49.4 Å². The largest absolute Gasteiger partial charge is 0.355 e. The molecule has 1 aromatic rings. The van der Waals surface area contributed by atoms with E-state index < -0.39 is 0 Å². The van der Waals surface area contributed by atoms with Crippen molar-refractivity contribution in [3.05, 3.63) is 35.9 Å². The molecule has 0 spiro atoms. The van der Waals surface area contributed by atoms with Crippen molar-refractivity contribution in [1.82, 2.24) is 15.5 Å². The monoisotopic (exact) mass is 289 g/mol. The minimum absolute atomic E-state index is 0.0424. The van der Waals surface area contributed by atoms with Gasteiger partial charge >= 0.3 is 0 Å². The van der Waals surface area contributed by atoms with Gasteiger partial charge in [-0.3, -0.25) is 9.59 Å². The first-order chi connectivity index (χ1) is 10.2. The van der Waals surface area contributed by atoms with Crippen LogP contribution in [-0.2, 0) is 16.0 Å². The maximum absolute atomic E-state index is 12.0. The molecule has 5 heteroatoms. The van der Waals surface area contributed by atoms with E-state index in [1.165, 1.54) is 0 Å². The van der Waals surface area contributed by atoms with E-state index in [1.807, 2.05) is 37.4 Å². The van der Waals surface area contributed by atoms with Crippen LogP contribution >= 0.6 is 0 Å². The highest BCUT2D eigenvalue weighted by molar-refractivity contribution is 5.80. The van der Waals surface area contributed by atoms with Crippen molar-refractivity contribution >= 4 is 11.8 Å². The van der Waals surface area contributed by atoms with Crippen molar-refractivity contribution in [2.45, 2.75) is 25.3 Å². The van der Waals surface area contributed by atoms with Gasteiger partial charge in [-0.25, -0.2) is 0 Å². The minimum Gasteiger partial charge on any atom is -0.355 e. The van der Waals surface area contributed by atoms with Crippen molar-refractivity contribution in [1.29, 1.82) is 0 Å². The summed E-state index contributed by atoms with van der Waals surface area (Å²) >= 11 is 0. The van der Waals surface area contributed by atoms with Gasteiger partial charge in [0.2, 0.25) is 11.8 Å². The molecule has 0 saturated carbocycles. The Balaban J connectivity index is 1.66. The van der Waals surface area contributed by atoms with Crippen LogP contribution in [0.1, 0.15) is 18.4 Å². The molecule has 1 atom stereocenters. The summed E-state index contributed by atoms with van der Waals surface area (Å²) in [4.78, 5) is 25.6. The number of carbonyl (C=O) groups excluding carboxylic acids is 2. The van der Waals surface area contributed by atoms with Crippen LogP contribution in [0.3, 0.4) is 0 Å². The zero-order chi connectivity index (χ0) is 15.1. The van der Waals surface area contributed by atoms with Crippen molar-refractivity contribution in [2.75, 3.05) is 26.7 Å². The van der Waals surface area contributed by atoms with Gasteiger partial charge in [0.15, 0.2) is 0 Å². The summed E-state index contributed by atoms with van der Waals surface area (Å²) in [7, 11) is 1.84. The Morgan fingerprint density at radius 3 is 2.76 bits per heavy atom. The van der Waals surface area contributed by atoms with E-state index >= 15 is 0 Å². The first-order valence-electron chi connectivity index (χ1n) is 7.44. The molecule has 114 valence electrons. The Kier molecular flexibility index (Phi) is 5.75. The third-order valence-electron chi connectivity index (χ3n) is 3.84. The van der Waals surface area contributed by atoms with E-state index in [1.54, 1.807) is 4.90 Å². The van der Waals surface area contributed by atoms with Crippen LogP contribution in [0.25, 0.3) is 0 Å².